The van der Waals surface area contributed by atoms with Crippen molar-refractivity contribution in [3.05, 3.63) is 30.1 Å². The van der Waals surface area contributed by atoms with Crippen molar-refractivity contribution in [1.29, 1.82) is 0 Å². The topological polar surface area (TPSA) is 77.2 Å². The van der Waals surface area contributed by atoms with E-state index in [0.717, 1.165) is 12.0 Å². The number of ether oxygens (including phenoxy) is 1. The minimum absolute atomic E-state index is 0.0800. The zero-order chi connectivity index (χ0) is 15.3. The highest BCUT2D eigenvalue weighted by molar-refractivity contribution is 5.89. The Kier molecular flexibility index (Phi) is 3.30. The molecule has 3 unspecified atom stereocenters. The molecule has 114 valence electrons. The Morgan fingerprint density at radius 1 is 1.48 bits per heavy atom. The van der Waals surface area contributed by atoms with E-state index in [0.29, 0.717) is 6.61 Å². The molecular weight excluding hydrogens is 266 g/mol. The molecule has 4 atom stereocenters. The van der Waals surface area contributed by atoms with Crippen molar-refractivity contribution < 1.29 is 9.53 Å². The van der Waals surface area contributed by atoms with Gasteiger partial charge in [-0.05, 0) is 31.0 Å². The molecule has 2 fully saturated rings. The van der Waals surface area contributed by atoms with Crippen LogP contribution >= 0.6 is 0 Å². The third-order valence-corrected chi connectivity index (χ3v) is 5.38. The molecule has 3 N–H and O–H groups in total. The summed E-state index contributed by atoms with van der Waals surface area (Å²) >= 11 is 0. The summed E-state index contributed by atoms with van der Waals surface area (Å²) < 4.78 is 5.73. The number of hydrogen-bond donors (Lipinski definition) is 2. The zero-order valence-electron chi connectivity index (χ0n) is 12.8. The summed E-state index contributed by atoms with van der Waals surface area (Å²) in [7, 11) is 0. The first-order valence-corrected chi connectivity index (χ1v) is 7.50. The fourth-order valence-corrected chi connectivity index (χ4v) is 3.90. The highest BCUT2D eigenvalue weighted by Crippen LogP contribution is 2.58. The van der Waals surface area contributed by atoms with Gasteiger partial charge in [-0.1, -0.05) is 13.8 Å². The third kappa shape index (κ3) is 1.91. The van der Waals surface area contributed by atoms with Crippen LogP contribution in [0.4, 0.5) is 0 Å². The van der Waals surface area contributed by atoms with E-state index in [4.69, 9.17) is 10.5 Å². The number of pyridine rings is 1. The van der Waals surface area contributed by atoms with Gasteiger partial charge in [0.2, 0.25) is 5.91 Å². The van der Waals surface area contributed by atoms with Gasteiger partial charge in [0.05, 0.1) is 12.1 Å². The number of nitrogens with two attached hydrogens (primary N) is 1. The number of amides is 1. The van der Waals surface area contributed by atoms with Crippen LogP contribution in [0, 0.1) is 11.3 Å². The molecule has 1 aromatic heterocycles. The van der Waals surface area contributed by atoms with Crippen molar-refractivity contribution in [3.63, 3.8) is 0 Å². The van der Waals surface area contributed by atoms with Gasteiger partial charge < -0.3 is 15.8 Å². The maximum atomic E-state index is 12.8. The first kappa shape index (κ1) is 14.5. The average Bonchev–Trinajstić information content (AvgIpc) is 2.95. The molecule has 0 radical (unpaired) electrons. The van der Waals surface area contributed by atoms with Gasteiger partial charge >= 0.3 is 0 Å². The van der Waals surface area contributed by atoms with E-state index >= 15 is 0 Å². The predicted molar refractivity (Wildman–Crippen MR) is 79.3 cm³/mol. The van der Waals surface area contributed by atoms with Crippen molar-refractivity contribution >= 4 is 5.91 Å². The minimum atomic E-state index is -0.852. The van der Waals surface area contributed by atoms with Gasteiger partial charge in [0, 0.05) is 30.3 Å². The summed E-state index contributed by atoms with van der Waals surface area (Å²) in [6.07, 6.45) is 4.42. The first-order valence-electron chi connectivity index (χ1n) is 7.50. The van der Waals surface area contributed by atoms with Crippen LogP contribution in [0.25, 0.3) is 0 Å². The molecule has 2 aliphatic rings. The van der Waals surface area contributed by atoms with Crippen LogP contribution in [0.15, 0.2) is 24.5 Å². The highest BCUT2D eigenvalue weighted by atomic mass is 16.5. The molecule has 1 aromatic rings. The van der Waals surface area contributed by atoms with Crippen LogP contribution in [-0.2, 0) is 9.53 Å². The van der Waals surface area contributed by atoms with Crippen LogP contribution in [0.2, 0.25) is 0 Å². The van der Waals surface area contributed by atoms with E-state index < -0.39 is 5.54 Å². The molecule has 2 heterocycles. The number of rotatable bonds is 3. The Balaban J connectivity index is 1.76. The monoisotopic (exact) mass is 289 g/mol. The largest absolute Gasteiger partial charge is 0.377 e. The molecule has 5 heteroatoms. The third-order valence-electron chi connectivity index (χ3n) is 5.38. The predicted octanol–water partition coefficient (Wildman–Crippen LogP) is 1.40. The van der Waals surface area contributed by atoms with Crippen LogP contribution in [-0.4, -0.2) is 29.1 Å². The van der Waals surface area contributed by atoms with E-state index in [9.17, 15) is 4.79 Å². The Morgan fingerprint density at radius 2 is 2.14 bits per heavy atom. The smallest absolute Gasteiger partial charge is 0.241 e. The molecule has 1 amide bonds. The second-order valence-corrected chi connectivity index (χ2v) is 6.75. The molecule has 1 aliphatic carbocycles. The summed E-state index contributed by atoms with van der Waals surface area (Å²) in [6, 6.07) is 3.72. The number of aromatic nitrogens is 1. The van der Waals surface area contributed by atoms with Gasteiger partial charge in [0.1, 0.15) is 5.54 Å². The van der Waals surface area contributed by atoms with Gasteiger partial charge in [-0.15, -0.1) is 0 Å². The maximum Gasteiger partial charge on any atom is 0.241 e. The van der Waals surface area contributed by atoms with E-state index in [1.54, 1.807) is 12.4 Å². The fourth-order valence-electron chi connectivity index (χ4n) is 3.90. The van der Waals surface area contributed by atoms with E-state index in [-0.39, 0.29) is 29.4 Å². The van der Waals surface area contributed by atoms with Gasteiger partial charge in [-0.2, -0.15) is 0 Å². The SMILES string of the molecule is C[C@H](NC(=O)C1(N)C2CCOC2C1(C)C)c1ccncc1. The van der Waals surface area contributed by atoms with E-state index in [1.807, 2.05) is 32.9 Å². The number of nitrogens with one attached hydrogen (secondary N) is 1. The zero-order valence-corrected chi connectivity index (χ0v) is 12.8. The lowest BCUT2D eigenvalue weighted by Crippen LogP contribution is -2.80. The summed E-state index contributed by atoms with van der Waals surface area (Å²) in [4.78, 5) is 16.8. The molecule has 5 nitrogen and oxygen atoms in total. The molecule has 0 bridgehead atoms. The Labute approximate surface area is 125 Å². The summed E-state index contributed by atoms with van der Waals surface area (Å²) in [6.45, 7) is 6.71. The van der Waals surface area contributed by atoms with Crippen molar-refractivity contribution in [1.82, 2.24) is 10.3 Å². The normalized spacial score (nSPS) is 34.7. The molecule has 1 saturated heterocycles. The lowest BCUT2D eigenvalue weighted by Gasteiger charge is -2.60. The average molecular weight is 289 g/mol. The first-order chi connectivity index (χ1) is 9.89. The molecular formula is C16H23N3O2. The highest BCUT2D eigenvalue weighted by Gasteiger charge is 2.71. The molecule has 0 aromatic carbocycles. The second kappa shape index (κ2) is 4.78. The Bertz CT molecular complexity index is 546. The van der Waals surface area contributed by atoms with Crippen LogP contribution in [0.5, 0.6) is 0 Å². The van der Waals surface area contributed by atoms with Gasteiger partial charge in [0.25, 0.3) is 0 Å². The molecule has 1 aliphatic heterocycles. The Morgan fingerprint density at radius 3 is 2.81 bits per heavy atom. The van der Waals surface area contributed by atoms with Crippen molar-refractivity contribution in [2.75, 3.05) is 6.61 Å². The second-order valence-electron chi connectivity index (χ2n) is 6.75. The summed E-state index contributed by atoms with van der Waals surface area (Å²) in [5.41, 5.74) is 6.37. The number of carbonyl (C=O) groups excluding carboxylic acids is 1. The molecule has 3 rings (SSSR count). The molecule has 0 spiro atoms. The van der Waals surface area contributed by atoms with Crippen molar-refractivity contribution in [2.24, 2.45) is 17.1 Å². The standard InChI is InChI=1S/C16H23N3O2/c1-10(11-4-7-18-8-5-11)19-14(20)16(17)12-6-9-21-13(12)15(16,2)3/h4-5,7-8,10,12-13H,6,9,17H2,1-3H3,(H,19,20)/t10-,12?,13?,16?/m0/s1. The Hall–Kier alpha value is -1.46. The van der Waals surface area contributed by atoms with Crippen molar-refractivity contribution in [2.45, 2.75) is 44.9 Å². The minimum Gasteiger partial charge on any atom is -0.377 e. The van der Waals surface area contributed by atoms with Gasteiger partial charge in [-0.3, -0.25) is 9.78 Å². The van der Waals surface area contributed by atoms with Gasteiger partial charge in [-0.25, -0.2) is 0 Å². The van der Waals surface area contributed by atoms with Crippen LogP contribution in [0.1, 0.15) is 38.8 Å². The van der Waals surface area contributed by atoms with Crippen LogP contribution < -0.4 is 11.1 Å². The van der Waals surface area contributed by atoms with E-state index in [2.05, 4.69) is 10.3 Å². The summed E-state index contributed by atoms with van der Waals surface area (Å²) in [5, 5.41) is 3.06. The number of carbonyl (C=O) groups is 1. The number of nitrogens with zero attached hydrogens (tertiary/aromatic N) is 1. The van der Waals surface area contributed by atoms with Crippen LogP contribution in [0.3, 0.4) is 0 Å². The molecule has 1 saturated carbocycles. The fraction of sp³-hybridized carbons (Fsp3) is 0.625. The quantitative estimate of drug-likeness (QED) is 0.882. The van der Waals surface area contributed by atoms with Gasteiger partial charge in [0.15, 0.2) is 0 Å². The number of hydrogen-bond acceptors (Lipinski definition) is 4. The van der Waals surface area contributed by atoms with E-state index in [1.165, 1.54) is 0 Å². The number of fused-ring (bicyclic) bond motifs is 1. The molecule has 21 heavy (non-hydrogen) atoms. The lowest BCUT2D eigenvalue weighted by atomic mass is 9.48. The summed E-state index contributed by atoms with van der Waals surface area (Å²) in [5.74, 6) is 0.0423. The lowest BCUT2D eigenvalue weighted by molar-refractivity contribution is -0.175. The van der Waals surface area contributed by atoms with Crippen molar-refractivity contribution in [3.8, 4) is 0 Å². The maximum absolute atomic E-state index is 12.8.